The average Bonchev–Trinajstić information content (AvgIpc) is 2.56. The molecular weight excluding hydrogens is 324 g/mol. The molecule has 0 aliphatic carbocycles. The van der Waals surface area contributed by atoms with Gasteiger partial charge < -0.3 is 9.64 Å². The maximum absolute atomic E-state index is 12.6. The van der Waals surface area contributed by atoms with Crippen LogP contribution in [0.2, 0.25) is 5.02 Å². The molecule has 0 aromatic heterocycles. The van der Waals surface area contributed by atoms with Gasteiger partial charge in [-0.15, -0.1) is 0 Å². The molecule has 0 unspecified atom stereocenters. The summed E-state index contributed by atoms with van der Waals surface area (Å²) in [6.45, 7) is 4.30. The van der Waals surface area contributed by atoms with E-state index in [1.54, 1.807) is 24.3 Å². The second-order valence-corrected chi connectivity index (χ2v) is 8.02. The molecule has 24 heavy (non-hydrogen) atoms. The lowest BCUT2D eigenvalue weighted by Crippen LogP contribution is -2.65. The smallest absolute Gasteiger partial charge is 0.338 e. The van der Waals surface area contributed by atoms with Crippen LogP contribution < -0.4 is 0 Å². The van der Waals surface area contributed by atoms with Crippen LogP contribution in [0.5, 0.6) is 0 Å². The number of rotatable bonds is 2. The van der Waals surface area contributed by atoms with E-state index in [1.165, 1.54) is 25.8 Å². The van der Waals surface area contributed by atoms with Crippen molar-refractivity contribution in [3.8, 4) is 0 Å². The van der Waals surface area contributed by atoms with E-state index in [0.717, 1.165) is 19.6 Å². The van der Waals surface area contributed by atoms with Gasteiger partial charge in [0.1, 0.15) is 6.10 Å². The van der Waals surface area contributed by atoms with Crippen LogP contribution in [-0.4, -0.2) is 61.1 Å². The summed E-state index contributed by atoms with van der Waals surface area (Å²) < 4.78 is 6.05. The number of esters is 1. The molecule has 2 bridgehead atoms. The van der Waals surface area contributed by atoms with Crippen molar-refractivity contribution in [3.05, 3.63) is 34.9 Å². The summed E-state index contributed by atoms with van der Waals surface area (Å²) in [5.41, 5.74) is 0.594. The second kappa shape index (κ2) is 6.66. The van der Waals surface area contributed by atoms with E-state index < -0.39 is 0 Å². The third-order valence-corrected chi connectivity index (χ3v) is 6.16. The molecule has 4 atom stereocenters. The number of nitrogens with zero attached hydrogens (tertiary/aromatic N) is 2. The largest absolute Gasteiger partial charge is 0.458 e. The van der Waals surface area contributed by atoms with Crippen molar-refractivity contribution >= 4 is 17.6 Å². The Balaban J connectivity index is 1.53. The molecule has 130 valence electrons. The van der Waals surface area contributed by atoms with Gasteiger partial charge in [0, 0.05) is 42.5 Å². The molecule has 0 spiro atoms. The van der Waals surface area contributed by atoms with Crippen LogP contribution in [-0.2, 0) is 4.74 Å². The summed E-state index contributed by atoms with van der Waals surface area (Å²) in [6.07, 6.45) is 3.88. The van der Waals surface area contributed by atoms with Crippen LogP contribution >= 0.6 is 11.6 Å². The van der Waals surface area contributed by atoms with Crippen molar-refractivity contribution in [3.63, 3.8) is 0 Å². The van der Waals surface area contributed by atoms with E-state index >= 15 is 0 Å². The van der Waals surface area contributed by atoms with Gasteiger partial charge in [0.2, 0.25) is 0 Å². The minimum atomic E-state index is -0.208. The molecule has 1 aromatic carbocycles. The number of ether oxygens (including phenoxy) is 1. The zero-order valence-corrected chi connectivity index (χ0v) is 14.9. The molecule has 0 saturated carbocycles. The molecule has 5 heteroatoms. The SMILES string of the molecule is CN1C[C@@H]2CN3CCCC[C@@H]3[C@H](C1)[C@H]2OC(=O)c1ccc(Cl)cc1. The van der Waals surface area contributed by atoms with Crippen molar-refractivity contribution in [2.45, 2.75) is 31.4 Å². The molecule has 4 nitrogen and oxygen atoms in total. The van der Waals surface area contributed by atoms with Gasteiger partial charge in [-0.05, 0) is 50.7 Å². The molecule has 3 fully saturated rings. The predicted molar refractivity (Wildman–Crippen MR) is 94.3 cm³/mol. The minimum Gasteiger partial charge on any atom is -0.458 e. The van der Waals surface area contributed by atoms with Gasteiger partial charge in [0.15, 0.2) is 0 Å². The number of likely N-dealkylation sites (tertiary alicyclic amines) is 1. The van der Waals surface area contributed by atoms with E-state index in [4.69, 9.17) is 16.3 Å². The van der Waals surface area contributed by atoms with Crippen molar-refractivity contribution in [1.29, 1.82) is 0 Å². The molecule has 3 heterocycles. The Labute approximate surface area is 148 Å². The van der Waals surface area contributed by atoms with E-state index in [9.17, 15) is 4.79 Å². The standard InChI is InChI=1S/C19H25ClN2O2/c1-21-10-14-11-22-9-3-2-4-17(22)16(12-21)18(14)24-19(23)13-5-7-15(20)8-6-13/h5-8,14,16-18H,2-4,9-12H2,1H3/t14-,16+,17-,18+/m1/s1. The fourth-order valence-electron chi connectivity index (χ4n) is 4.89. The number of hydrogen-bond donors (Lipinski definition) is 0. The first-order valence-corrected chi connectivity index (χ1v) is 9.39. The Morgan fingerprint density at radius 1 is 1.17 bits per heavy atom. The molecule has 0 amide bonds. The molecule has 3 saturated heterocycles. The predicted octanol–water partition coefficient (Wildman–Crippen LogP) is 2.91. The molecule has 4 rings (SSSR count). The van der Waals surface area contributed by atoms with Gasteiger partial charge in [0.25, 0.3) is 0 Å². The lowest BCUT2D eigenvalue weighted by atomic mass is 9.74. The molecule has 3 aliphatic heterocycles. The Hall–Kier alpha value is -1.10. The van der Waals surface area contributed by atoms with Gasteiger partial charge in [0.05, 0.1) is 5.56 Å². The Morgan fingerprint density at radius 2 is 1.96 bits per heavy atom. The highest BCUT2D eigenvalue weighted by molar-refractivity contribution is 6.30. The first-order chi connectivity index (χ1) is 11.6. The van der Waals surface area contributed by atoms with Gasteiger partial charge >= 0.3 is 5.97 Å². The summed E-state index contributed by atoms with van der Waals surface area (Å²) in [5, 5.41) is 0.639. The van der Waals surface area contributed by atoms with Gasteiger partial charge in [-0.3, -0.25) is 4.90 Å². The van der Waals surface area contributed by atoms with Crippen molar-refractivity contribution < 1.29 is 9.53 Å². The second-order valence-electron chi connectivity index (χ2n) is 7.58. The molecular formula is C19H25ClN2O2. The first kappa shape index (κ1) is 16.4. The van der Waals surface area contributed by atoms with Crippen molar-refractivity contribution in [1.82, 2.24) is 9.80 Å². The highest BCUT2D eigenvalue weighted by atomic mass is 35.5. The average molecular weight is 349 g/mol. The molecule has 1 aromatic rings. The Bertz CT molecular complexity index is 606. The van der Waals surface area contributed by atoms with Crippen LogP contribution in [0.4, 0.5) is 0 Å². The van der Waals surface area contributed by atoms with E-state index in [0.29, 0.717) is 28.5 Å². The Morgan fingerprint density at radius 3 is 2.75 bits per heavy atom. The third-order valence-electron chi connectivity index (χ3n) is 5.91. The molecule has 0 radical (unpaired) electrons. The van der Waals surface area contributed by atoms with Crippen LogP contribution in [0.1, 0.15) is 29.6 Å². The minimum absolute atomic E-state index is 0.0451. The normalized spacial score (nSPS) is 33.8. The van der Waals surface area contributed by atoms with Gasteiger partial charge in [-0.1, -0.05) is 18.0 Å². The highest BCUT2D eigenvalue weighted by Crippen LogP contribution is 2.39. The third kappa shape index (κ3) is 3.07. The maximum atomic E-state index is 12.6. The number of piperidine rings is 3. The summed E-state index contributed by atoms with van der Waals surface area (Å²) >= 11 is 5.92. The van der Waals surface area contributed by atoms with E-state index in [2.05, 4.69) is 16.8 Å². The van der Waals surface area contributed by atoms with E-state index in [-0.39, 0.29) is 12.1 Å². The van der Waals surface area contributed by atoms with Gasteiger partial charge in [-0.25, -0.2) is 4.79 Å². The fraction of sp³-hybridized carbons (Fsp3) is 0.632. The highest BCUT2D eigenvalue weighted by Gasteiger charge is 2.49. The summed E-state index contributed by atoms with van der Waals surface area (Å²) in [6, 6.07) is 7.57. The summed E-state index contributed by atoms with van der Waals surface area (Å²) in [4.78, 5) is 17.7. The quantitative estimate of drug-likeness (QED) is 0.769. The fourth-order valence-corrected chi connectivity index (χ4v) is 5.01. The lowest BCUT2D eigenvalue weighted by Gasteiger charge is -2.55. The van der Waals surface area contributed by atoms with Gasteiger partial charge in [-0.2, -0.15) is 0 Å². The van der Waals surface area contributed by atoms with Crippen LogP contribution in [0.3, 0.4) is 0 Å². The summed E-state index contributed by atoms with van der Waals surface area (Å²) in [7, 11) is 2.19. The number of carbonyl (C=O) groups excluding carboxylic acids is 1. The molecule has 0 N–H and O–H groups in total. The van der Waals surface area contributed by atoms with Crippen LogP contribution in [0.15, 0.2) is 24.3 Å². The topological polar surface area (TPSA) is 32.8 Å². The van der Waals surface area contributed by atoms with Crippen molar-refractivity contribution in [2.75, 3.05) is 33.2 Å². The zero-order chi connectivity index (χ0) is 16.7. The Kier molecular flexibility index (Phi) is 4.54. The van der Waals surface area contributed by atoms with Crippen LogP contribution in [0.25, 0.3) is 0 Å². The monoisotopic (exact) mass is 348 g/mol. The number of fused-ring (bicyclic) bond motifs is 4. The number of hydrogen-bond acceptors (Lipinski definition) is 4. The number of halogens is 1. The molecule has 3 aliphatic rings. The lowest BCUT2D eigenvalue weighted by molar-refractivity contribution is -0.118. The van der Waals surface area contributed by atoms with Crippen molar-refractivity contribution in [2.24, 2.45) is 11.8 Å². The summed E-state index contributed by atoms with van der Waals surface area (Å²) in [5.74, 6) is 0.638. The van der Waals surface area contributed by atoms with Crippen LogP contribution in [0, 0.1) is 11.8 Å². The zero-order valence-electron chi connectivity index (χ0n) is 14.2. The van der Waals surface area contributed by atoms with E-state index in [1.807, 2.05) is 0 Å². The number of carbonyl (C=O) groups is 1. The maximum Gasteiger partial charge on any atom is 0.338 e. The first-order valence-electron chi connectivity index (χ1n) is 9.01. The number of benzene rings is 1.